The first-order chi connectivity index (χ1) is 7.24. The van der Waals surface area contributed by atoms with Crippen LogP contribution in [-0.4, -0.2) is 24.8 Å². The van der Waals surface area contributed by atoms with Gasteiger partial charge in [0.25, 0.3) is 0 Å². The first-order valence-corrected chi connectivity index (χ1v) is 6.61. The molecule has 88 valence electrons. The molecule has 3 unspecified atom stereocenters. The molecule has 1 aliphatic carbocycles. The zero-order valence-electron chi connectivity index (χ0n) is 10.2. The average Bonchev–Trinajstić information content (AvgIpc) is 2.11. The number of rotatable bonds is 4. The van der Waals surface area contributed by atoms with Crippen molar-refractivity contribution in [3.05, 3.63) is 0 Å². The van der Waals surface area contributed by atoms with Gasteiger partial charge in [0.05, 0.1) is 6.10 Å². The molecular formula is C13H25NO. The normalized spacial score (nSPS) is 34.8. The highest BCUT2D eigenvalue weighted by atomic mass is 16.5. The molecule has 2 heteroatoms. The number of nitrogens with one attached hydrogen (secondary N) is 1. The number of ether oxygens (including phenoxy) is 1. The Morgan fingerprint density at radius 3 is 2.73 bits per heavy atom. The van der Waals surface area contributed by atoms with E-state index in [1.165, 1.54) is 38.5 Å². The Morgan fingerprint density at radius 2 is 2.13 bits per heavy atom. The molecule has 0 aromatic rings. The molecule has 0 bridgehead atoms. The summed E-state index contributed by atoms with van der Waals surface area (Å²) in [5.41, 5.74) is 0. The van der Waals surface area contributed by atoms with E-state index in [1.807, 2.05) is 0 Å². The molecule has 0 amide bonds. The standard InChI is InChI=1S/C13H25NO/c1-10(8-12-4-3-5-12)14-13-6-7-15-11(2)9-13/h10-14H,3-9H2,1-2H3. The van der Waals surface area contributed by atoms with Crippen LogP contribution >= 0.6 is 0 Å². The van der Waals surface area contributed by atoms with Crippen LogP contribution in [0.5, 0.6) is 0 Å². The Kier molecular flexibility index (Phi) is 4.04. The molecule has 0 aromatic heterocycles. The maximum Gasteiger partial charge on any atom is 0.0561 e. The third kappa shape index (κ3) is 3.46. The minimum atomic E-state index is 0.451. The molecule has 3 atom stereocenters. The molecule has 1 N–H and O–H groups in total. The van der Waals surface area contributed by atoms with E-state index in [9.17, 15) is 0 Å². The van der Waals surface area contributed by atoms with E-state index >= 15 is 0 Å². The van der Waals surface area contributed by atoms with Crippen LogP contribution < -0.4 is 5.32 Å². The van der Waals surface area contributed by atoms with Crippen molar-refractivity contribution < 1.29 is 4.74 Å². The first-order valence-electron chi connectivity index (χ1n) is 6.61. The Balaban J connectivity index is 1.65. The number of hydrogen-bond donors (Lipinski definition) is 1. The minimum Gasteiger partial charge on any atom is -0.378 e. The van der Waals surface area contributed by atoms with E-state index in [4.69, 9.17) is 4.74 Å². The van der Waals surface area contributed by atoms with Crippen molar-refractivity contribution in [3.63, 3.8) is 0 Å². The molecule has 0 aromatic carbocycles. The molecule has 2 fully saturated rings. The molecular weight excluding hydrogens is 186 g/mol. The minimum absolute atomic E-state index is 0.451. The zero-order valence-corrected chi connectivity index (χ0v) is 10.2. The van der Waals surface area contributed by atoms with Gasteiger partial charge in [-0.15, -0.1) is 0 Å². The van der Waals surface area contributed by atoms with Gasteiger partial charge in [0.1, 0.15) is 0 Å². The highest BCUT2D eigenvalue weighted by Gasteiger charge is 2.23. The Hall–Kier alpha value is -0.0800. The molecule has 2 nitrogen and oxygen atoms in total. The quantitative estimate of drug-likeness (QED) is 0.772. The summed E-state index contributed by atoms with van der Waals surface area (Å²) in [4.78, 5) is 0. The van der Waals surface area contributed by atoms with Gasteiger partial charge >= 0.3 is 0 Å². The van der Waals surface area contributed by atoms with Crippen molar-refractivity contribution in [2.75, 3.05) is 6.61 Å². The Morgan fingerprint density at radius 1 is 1.33 bits per heavy atom. The van der Waals surface area contributed by atoms with Crippen LogP contribution in [-0.2, 0) is 4.74 Å². The lowest BCUT2D eigenvalue weighted by Crippen LogP contribution is -2.43. The van der Waals surface area contributed by atoms with E-state index < -0.39 is 0 Å². The fraction of sp³-hybridized carbons (Fsp3) is 1.00. The predicted octanol–water partition coefficient (Wildman–Crippen LogP) is 2.72. The van der Waals surface area contributed by atoms with E-state index in [-0.39, 0.29) is 0 Å². The third-order valence-corrected chi connectivity index (χ3v) is 3.92. The largest absolute Gasteiger partial charge is 0.378 e. The van der Waals surface area contributed by atoms with Crippen LogP contribution in [0.3, 0.4) is 0 Å². The van der Waals surface area contributed by atoms with Gasteiger partial charge in [0.2, 0.25) is 0 Å². The fourth-order valence-electron chi connectivity index (χ4n) is 2.85. The van der Waals surface area contributed by atoms with Crippen LogP contribution in [0, 0.1) is 5.92 Å². The van der Waals surface area contributed by atoms with E-state index in [2.05, 4.69) is 19.2 Å². The highest BCUT2D eigenvalue weighted by molar-refractivity contribution is 4.80. The topological polar surface area (TPSA) is 21.3 Å². The maximum absolute atomic E-state index is 5.56. The van der Waals surface area contributed by atoms with Gasteiger partial charge in [-0.3, -0.25) is 0 Å². The second-order valence-electron chi connectivity index (χ2n) is 5.50. The van der Waals surface area contributed by atoms with Gasteiger partial charge in [-0.25, -0.2) is 0 Å². The SMILES string of the molecule is CC(CC1CCC1)NC1CCOC(C)C1. The summed E-state index contributed by atoms with van der Waals surface area (Å²) in [6.45, 7) is 5.47. The molecule has 0 spiro atoms. The van der Waals surface area contributed by atoms with E-state index in [1.54, 1.807) is 0 Å². The van der Waals surface area contributed by atoms with Gasteiger partial charge in [0.15, 0.2) is 0 Å². The summed E-state index contributed by atoms with van der Waals surface area (Å²) in [7, 11) is 0. The van der Waals surface area contributed by atoms with Crippen LogP contribution in [0.4, 0.5) is 0 Å². The van der Waals surface area contributed by atoms with Crippen LogP contribution in [0.15, 0.2) is 0 Å². The fourth-order valence-corrected chi connectivity index (χ4v) is 2.85. The van der Waals surface area contributed by atoms with Gasteiger partial charge < -0.3 is 10.1 Å². The monoisotopic (exact) mass is 211 g/mol. The van der Waals surface area contributed by atoms with Crippen LogP contribution in [0.2, 0.25) is 0 Å². The molecule has 15 heavy (non-hydrogen) atoms. The summed E-state index contributed by atoms with van der Waals surface area (Å²) < 4.78 is 5.56. The first kappa shape index (κ1) is 11.4. The third-order valence-electron chi connectivity index (χ3n) is 3.92. The average molecular weight is 211 g/mol. The van der Waals surface area contributed by atoms with Gasteiger partial charge in [0, 0.05) is 18.7 Å². The molecule has 1 saturated heterocycles. The lowest BCUT2D eigenvalue weighted by atomic mass is 9.81. The van der Waals surface area contributed by atoms with Crippen LogP contribution in [0.25, 0.3) is 0 Å². The van der Waals surface area contributed by atoms with Crippen molar-refractivity contribution in [2.24, 2.45) is 5.92 Å². The van der Waals surface area contributed by atoms with Crippen molar-refractivity contribution >= 4 is 0 Å². The van der Waals surface area contributed by atoms with Gasteiger partial charge in [-0.1, -0.05) is 19.3 Å². The summed E-state index contributed by atoms with van der Waals surface area (Å²) >= 11 is 0. The lowest BCUT2D eigenvalue weighted by molar-refractivity contribution is 0.0108. The Bertz CT molecular complexity index is 191. The molecule has 1 aliphatic heterocycles. The molecule has 0 radical (unpaired) electrons. The molecule has 2 rings (SSSR count). The predicted molar refractivity (Wildman–Crippen MR) is 63.0 cm³/mol. The second-order valence-corrected chi connectivity index (χ2v) is 5.50. The summed E-state index contributed by atoms with van der Waals surface area (Å²) in [6.07, 6.45) is 8.62. The second kappa shape index (κ2) is 5.31. The van der Waals surface area contributed by atoms with E-state index in [0.29, 0.717) is 18.2 Å². The van der Waals surface area contributed by atoms with E-state index in [0.717, 1.165) is 12.5 Å². The van der Waals surface area contributed by atoms with Crippen molar-refractivity contribution in [1.29, 1.82) is 0 Å². The smallest absolute Gasteiger partial charge is 0.0561 e. The van der Waals surface area contributed by atoms with Crippen LogP contribution in [0.1, 0.15) is 52.4 Å². The Labute approximate surface area is 93.8 Å². The lowest BCUT2D eigenvalue weighted by Gasteiger charge is -2.33. The zero-order chi connectivity index (χ0) is 10.7. The van der Waals surface area contributed by atoms with Crippen molar-refractivity contribution in [2.45, 2.75) is 70.6 Å². The highest BCUT2D eigenvalue weighted by Crippen LogP contribution is 2.30. The molecule has 1 saturated carbocycles. The van der Waals surface area contributed by atoms with Crippen molar-refractivity contribution in [1.82, 2.24) is 5.32 Å². The van der Waals surface area contributed by atoms with Crippen molar-refractivity contribution in [3.8, 4) is 0 Å². The van der Waals surface area contributed by atoms with Gasteiger partial charge in [-0.05, 0) is 39.0 Å². The maximum atomic E-state index is 5.56. The van der Waals surface area contributed by atoms with Gasteiger partial charge in [-0.2, -0.15) is 0 Å². The molecule has 2 aliphatic rings. The summed E-state index contributed by atoms with van der Waals surface area (Å²) in [5.74, 6) is 1.02. The summed E-state index contributed by atoms with van der Waals surface area (Å²) in [5, 5.41) is 3.77. The summed E-state index contributed by atoms with van der Waals surface area (Å²) in [6, 6.07) is 1.40. The molecule has 1 heterocycles. The number of hydrogen-bond acceptors (Lipinski definition) is 2.